The van der Waals surface area contributed by atoms with Crippen LogP contribution in [0.4, 0.5) is 0 Å². The van der Waals surface area contributed by atoms with Crippen LogP contribution in [0.25, 0.3) is 0 Å². The first-order valence-corrected chi connectivity index (χ1v) is 9.31. The molecule has 3 heteroatoms. The van der Waals surface area contributed by atoms with Gasteiger partial charge in [0, 0.05) is 12.0 Å². The third-order valence-corrected chi connectivity index (χ3v) is 5.56. The predicted octanol–water partition coefficient (Wildman–Crippen LogP) is 3.81. The largest absolute Gasteiger partial charge is 0.349 e. The van der Waals surface area contributed by atoms with Crippen LogP contribution in [0.3, 0.4) is 0 Å². The van der Waals surface area contributed by atoms with Gasteiger partial charge >= 0.3 is 0 Å². The monoisotopic (exact) mass is 314 g/mol. The predicted molar refractivity (Wildman–Crippen MR) is 94.1 cm³/mol. The Hall–Kier alpha value is -1.35. The highest BCUT2D eigenvalue weighted by Gasteiger charge is 2.28. The smallest absolute Gasteiger partial charge is 0.223 e. The van der Waals surface area contributed by atoms with E-state index in [0.29, 0.717) is 6.04 Å². The van der Waals surface area contributed by atoms with E-state index in [2.05, 4.69) is 41.8 Å². The summed E-state index contributed by atoms with van der Waals surface area (Å²) in [6, 6.07) is 11.1. The summed E-state index contributed by atoms with van der Waals surface area (Å²) in [7, 11) is 0. The molecule has 1 heterocycles. The fourth-order valence-corrected chi connectivity index (χ4v) is 4.20. The van der Waals surface area contributed by atoms with Crippen molar-refractivity contribution in [3.63, 3.8) is 0 Å². The van der Waals surface area contributed by atoms with Gasteiger partial charge < -0.3 is 10.6 Å². The Bertz CT molecular complexity index is 496. The van der Waals surface area contributed by atoms with Crippen LogP contribution in [0.15, 0.2) is 30.3 Å². The molecular formula is C20H30N2O. The zero-order valence-corrected chi connectivity index (χ0v) is 14.3. The Morgan fingerprint density at radius 2 is 1.96 bits per heavy atom. The molecule has 1 amide bonds. The van der Waals surface area contributed by atoms with E-state index in [1.807, 2.05) is 6.07 Å². The summed E-state index contributed by atoms with van der Waals surface area (Å²) >= 11 is 0. The van der Waals surface area contributed by atoms with Crippen LogP contribution < -0.4 is 10.6 Å². The molecule has 0 spiro atoms. The van der Waals surface area contributed by atoms with Gasteiger partial charge in [-0.1, -0.05) is 56.0 Å². The second-order valence-corrected chi connectivity index (χ2v) is 7.43. The molecule has 1 aromatic carbocycles. The molecule has 2 fully saturated rings. The summed E-state index contributed by atoms with van der Waals surface area (Å²) in [6.45, 7) is 3.13. The van der Waals surface area contributed by atoms with E-state index in [1.54, 1.807) is 0 Å². The third-order valence-electron chi connectivity index (χ3n) is 5.56. The Morgan fingerprint density at radius 3 is 2.65 bits per heavy atom. The van der Waals surface area contributed by atoms with Crippen LogP contribution in [-0.4, -0.2) is 18.5 Å². The van der Waals surface area contributed by atoms with Gasteiger partial charge in [-0.3, -0.25) is 4.79 Å². The Balaban J connectivity index is 1.66. The average molecular weight is 314 g/mol. The second-order valence-electron chi connectivity index (χ2n) is 7.43. The van der Waals surface area contributed by atoms with Gasteiger partial charge in [0.05, 0.1) is 6.04 Å². The van der Waals surface area contributed by atoms with E-state index in [-0.39, 0.29) is 17.9 Å². The molecule has 3 atom stereocenters. The normalized spacial score (nSPS) is 26.8. The van der Waals surface area contributed by atoms with E-state index in [9.17, 15) is 4.79 Å². The number of hydrogen-bond donors (Lipinski definition) is 2. The van der Waals surface area contributed by atoms with Crippen molar-refractivity contribution >= 4 is 5.91 Å². The van der Waals surface area contributed by atoms with Crippen molar-refractivity contribution in [1.29, 1.82) is 0 Å². The van der Waals surface area contributed by atoms with E-state index >= 15 is 0 Å². The number of hydrogen-bond acceptors (Lipinski definition) is 2. The van der Waals surface area contributed by atoms with Gasteiger partial charge in [-0.2, -0.15) is 0 Å². The van der Waals surface area contributed by atoms with Crippen molar-refractivity contribution in [2.45, 2.75) is 64.0 Å². The first-order valence-electron chi connectivity index (χ1n) is 9.31. The number of nitrogens with one attached hydrogen (secondary N) is 2. The van der Waals surface area contributed by atoms with Gasteiger partial charge in [0.1, 0.15) is 0 Å². The minimum absolute atomic E-state index is 0.168. The van der Waals surface area contributed by atoms with Gasteiger partial charge in [0.2, 0.25) is 5.91 Å². The van der Waals surface area contributed by atoms with Crippen molar-refractivity contribution in [1.82, 2.24) is 10.6 Å². The Morgan fingerprint density at radius 1 is 1.22 bits per heavy atom. The minimum Gasteiger partial charge on any atom is -0.349 e. The summed E-state index contributed by atoms with van der Waals surface area (Å²) in [5, 5.41) is 6.81. The Kier molecular flexibility index (Phi) is 5.71. The zero-order valence-electron chi connectivity index (χ0n) is 14.3. The molecule has 3 nitrogen and oxygen atoms in total. The molecule has 1 saturated heterocycles. The summed E-state index contributed by atoms with van der Waals surface area (Å²) in [4.78, 5) is 12.8. The molecule has 0 bridgehead atoms. The standard InChI is InChI=1S/C20H30N2O/c1-15-13-18(11-12-21-15)20(23)22-19(14-16-7-5-6-8-16)17-9-3-2-4-10-17/h2-4,9-10,15-16,18-19,21H,5-8,11-14H2,1H3,(H,22,23)/t15-,18-,19?/m0/s1. The lowest BCUT2D eigenvalue weighted by atomic mass is 9.90. The van der Waals surface area contributed by atoms with Gasteiger partial charge in [-0.05, 0) is 44.2 Å². The fourth-order valence-electron chi connectivity index (χ4n) is 4.20. The van der Waals surface area contributed by atoms with Crippen LogP contribution in [0, 0.1) is 11.8 Å². The minimum atomic E-state index is 0.168. The Labute approximate surface area is 140 Å². The SMILES string of the molecule is C[C@H]1C[C@@H](C(=O)NC(CC2CCCC2)c2ccccc2)CCN1. The van der Waals surface area contributed by atoms with Gasteiger partial charge in [0.15, 0.2) is 0 Å². The molecule has 1 saturated carbocycles. The molecule has 0 aromatic heterocycles. The number of carbonyl (C=O) groups excluding carboxylic acids is 1. The van der Waals surface area contributed by atoms with Crippen LogP contribution in [0.1, 0.15) is 63.5 Å². The molecule has 3 rings (SSSR count). The van der Waals surface area contributed by atoms with Crippen LogP contribution in [-0.2, 0) is 4.79 Å². The van der Waals surface area contributed by atoms with Crippen molar-refractivity contribution in [3.8, 4) is 0 Å². The first-order chi connectivity index (χ1) is 11.2. The number of piperidine rings is 1. The number of carbonyl (C=O) groups is 1. The average Bonchev–Trinajstić information content (AvgIpc) is 3.08. The molecule has 2 aliphatic rings. The number of rotatable bonds is 5. The van der Waals surface area contributed by atoms with Crippen molar-refractivity contribution in [3.05, 3.63) is 35.9 Å². The highest BCUT2D eigenvalue weighted by atomic mass is 16.1. The third kappa shape index (κ3) is 4.57. The number of benzene rings is 1. The maximum Gasteiger partial charge on any atom is 0.223 e. The molecule has 126 valence electrons. The first kappa shape index (κ1) is 16.5. The van der Waals surface area contributed by atoms with Gasteiger partial charge in [-0.25, -0.2) is 0 Å². The molecule has 23 heavy (non-hydrogen) atoms. The van der Waals surface area contributed by atoms with Gasteiger partial charge in [0.25, 0.3) is 0 Å². The molecule has 1 aliphatic heterocycles. The summed E-state index contributed by atoms with van der Waals surface area (Å²) in [5.41, 5.74) is 1.26. The summed E-state index contributed by atoms with van der Waals surface area (Å²) < 4.78 is 0. The van der Waals surface area contributed by atoms with E-state index in [4.69, 9.17) is 0 Å². The second kappa shape index (κ2) is 7.96. The maximum absolute atomic E-state index is 12.8. The van der Waals surface area contributed by atoms with Crippen molar-refractivity contribution in [2.75, 3.05) is 6.54 Å². The molecule has 1 unspecified atom stereocenters. The molecular weight excluding hydrogens is 284 g/mol. The van der Waals surface area contributed by atoms with Crippen LogP contribution >= 0.6 is 0 Å². The molecule has 0 radical (unpaired) electrons. The maximum atomic E-state index is 12.8. The van der Waals surface area contributed by atoms with Crippen molar-refractivity contribution < 1.29 is 4.79 Å². The summed E-state index contributed by atoms with van der Waals surface area (Å²) in [5.74, 6) is 1.19. The summed E-state index contributed by atoms with van der Waals surface area (Å²) in [6.07, 6.45) is 8.36. The lowest BCUT2D eigenvalue weighted by molar-refractivity contribution is -0.127. The van der Waals surface area contributed by atoms with E-state index < -0.39 is 0 Å². The highest BCUT2D eigenvalue weighted by Crippen LogP contribution is 2.33. The highest BCUT2D eigenvalue weighted by molar-refractivity contribution is 5.79. The van der Waals surface area contributed by atoms with Gasteiger partial charge in [-0.15, -0.1) is 0 Å². The van der Waals surface area contributed by atoms with Crippen LogP contribution in [0.5, 0.6) is 0 Å². The molecule has 2 N–H and O–H groups in total. The van der Waals surface area contributed by atoms with Crippen molar-refractivity contribution in [2.24, 2.45) is 11.8 Å². The van der Waals surface area contributed by atoms with E-state index in [1.165, 1.54) is 31.2 Å². The molecule has 1 aliphatic carbocycles. The van der Waals surface area contributed by atoms with Crippen LogP contribution in [0.2, 0.25) is 0 Å². The topological polar surface area (TPSA) is 41.1 Å². The number of amides is 1. The lowest BCUT2D eigenvalue weighted by Gasteiger charge is -2.30. The lowest BCUT2D eigenvalue weighted by Crippen LogP contribution is -2.43. The fraction of sp³-hybridized carbons (Fsp3) is 0.650. The van der Waals surface area contributed by atoms with E-state index in [0.717, 1.165) is 31.7 Å². The zero-order chi connectivity index (χ0) is 16.1. The quantitative estimate of drug-likeness (QED) is 0.867. The molecule has 1 aromatic rings.